The summed E-state index contributed by atoms with van der Waals surface area (Å²) in [5, 5.41) is 0.483. The number of nitrogens with one attached hydrogen (secondary N) is 1. The van der Waals surface area contributed by atoms with Gasteiger partial charge in [-0.15, -0.1) is 0 Å². The number of pyridine rings is 1. The quantitative estimate of drug-likeness (QED) is 0.684. The number of aryl methyl sites for hydroxylation is 1. The molecule has 1 amide bonds. The number of hydrogen-bond donors (Lipinski definition) is 1. The van der Waals surface area contributed by atoms with Crippen LogP contribution in [0.4, 0.5) is 0 Å². The van der Waals surface area contributed by atoms with Gasteiger partial charge in [-0.3, -0.25) is 14.6 Å². The second kappa shape index (κ2) is 6.95. The number of aromatic amines is 1. The van der Waals surface area contributed by atoms with Gasteiger partial charge in [0.1, 0.15) is 0 Å². The first-order chi connectivity index (χ1) is 11.1. The van der Waals surface area contributed by atoms with Crippen LogP contribution in [-0.4, -0.2) is 38.1 Å². The van der Waals surface area contributed by atoms with E-state index in [1.165, 1.54) is 17.8 Å². The molecule has 2 aromatic rings. The fraction of sp³-hybridized carbons (Fsp3) is 0.375. The van der Waals surface area contributed by atoms with Crippen LogP contribution < -0.4 is 5.56 Å². The summed E-state index contributed by atoms with van der Waals surface area (Å²) in [6.07, 6.45) is 3.68. The van der Waals surface area contributed by atoms with Crippen molar-refractivity contribution >= 4 is 17.7 Å². The molecule has 3 heterocycles. The van der Waals surface area contributed by atoms with Crippen LogP contribution in [0, 0.1) is 6.92 Å². The second-order valence-electron chi connectivity index (χ2n) is 5.48. The Bertz CT molecular complexity index is 747. The summed E-state index contributed by atoms with van der Waals surface area (Å²) in [4.78, 5) is 37.1. The first-order valence-corrected chi connectivity index (χ1v) is 8.53. The van der Waals surface area contributed by atoms with E-state index >= 15 is 0 Å². The van der Waals surface area contributed by atoms with Gasteiger partial charge in [0.15, 0.2) is 5.16 Å². The highest BCUT2D eigenvalue weighted by Gasteiger charge is 2.30. The van der Waals surface area contributed by atoms with Crippen LogP contribution in [0.3, 0.4) is 0 Å². The number of likely N-dealkylation sites (tertiary alicyclic amines) is 1. The van der Waals surface area contributed by atoms with Crippen LogP contribution in [-0.2, 0) is 4.79 Å². The molecular formula is C16H18N4O2S. The molecule has 1 aliphatic heterocycles. The Morgan fingerprint density at radius 2 is 2.35 bits per heavy atom. The molecule has 7 heteroatoms. The molecule has 1 saturated heterocycles. The van der Waals surface area contributed by atoms with Crippen LogP contribution in [0.2, 0.25) is 0 Å². The Kier molecular flexibility index (Phi) is 4.76. The molecule has 0 radical (unpaired) electrons. The number of amides is 1. The van der Waals surface area contributed by atoms with E-state index in [9.17, 15) is 9.59 Å². The van der Waals surface area contributed by atoms with E-state index in [0.717, 1.165) is 25.1 Å². The summed E-state index contributed by atoms with van der Waals surface area (Å²) in [5.74, 6) is 0.308. The fourth-order valence-corrected chi connectivity index (χ4v) is 3.59. The van der Waals surface area contributed by atoms with E-state index in [2.05, 4.69) is 15.0 Å². The first-order valence-electron chi connectivity index (χ1n) is 7.54. The number of nitrogens with zero attached hydrogens (tertiary/aromatic N) is 3. The predicted molar refractivity (Wildman–Crippen MR) is 88.2 cm³/mol. The lowest BCUT2D eigenvalue weighted by Gasteiger charge is -2.24. The smallest absolute Gasteiger partial charge is 0.251 e. The maximum absolute atomic E-state index is 12.5. The lowest BCUT2D eigenvalue weighted by atomic mass is 10.1. The van der Waals surface area contributed by atoms with Gasteiger partial charge in [-0.25, -0.2) is 4.98 Å². The Hall–Kier alpha value is -2.15. The van der Waals surface area contributed by atoms with E-state index in [0.29, 0.717) is 10.9 Å². The van der Waals surface area contributed by atoms with Crippen molar-refractivity contribution in [3.8, 4) is 0 Å². The zero-order chi connectivity index (χ0) is 16.2. The summed E-state index contributed by atoms with van der Waals surface area (Å²) >= 11 is 1.26. The summed E-state index contributed by atoms with van der Waals surface area (Å²) < 4.78 is 0. The normalized spacial score (nSPS) is 17.4. The van der Waals surface area contributed by atoms with E-state index in [4.69, 9.17) is 0 Å². The molecular weight excluding hydrogens is 312 g/mol. The Morgan fingerprint density at radius 3 is 3.09 bits per heavy atom. The molecule has 0 bridgehead atoms. The lowest BCUT2D eigenvalue weighted by molar-refractivity contribution is -0.129. The molecule has 1 unspecified atom stereocenters. The molecule has 3 rings (SSSR count). The number of rotatable bonds is 4. The van der Waals surface area contributed by atoms with E-state index in [-0.39, 0.29) is 23.3 Å². The third-order valence-electron chi connectivity index (χ3n) is 3.78. The van der Waals surface area contributed by atoms with Crippen molar-refractivity contribution in [2.24, 2.45) is 0 Å². The topological polar surface area (TPSA) is 79.0 Å². The number of carbonyl (C=O) groups is 1. The summed E-state index contributed by atoms with van der Waals surface area (Å²) in [6, 6.07) is 7.26. The maximum Gasteiger partial charge on any atom is 0.251 e. The Balaban J connectivity index is 1.66. The summed E-state index contributed by atoms with van der Waals surface area (Å²) in [7, 11) is 0. The largest absolute Gasteiger partial charge is 0.333 e. The zero-order valence-electron chi connectivity index (χ0n) is 12.9. The molecule has 6 nitrogen and oxygen atoms in total. The van der Waals surface area contributed by atoms with Gasteiger partial charge in [0, 0.05) is 24.5 Å². The van der Waals surface area contributed by atoms with Crippen molar-refractivity contribution in [1.82, 2.24) is 19.9 Å². The van der Waals surface area contributed by atoms with E-state index in [1.807, 2.05) is 23.1 Å². The van der Waals surface area contributed by atoms with Crippen LogP contribution in [0.1, 0.15) is 30.3 Å². The number of H-pyrrole nitrogens is 1. The van der Waals surface area contributed by atoms with Gasteiger partial charge in [-0.2, -0.15) is 0 Å². The highest BCUT2D eigenvalue weighted by molar-refractivity contribution is 7.99. The number of aromatic nitrogens is 3. The standard InChI is InChI=1S/C16H18N4O2S/c1-11-9-14(21)19-16(18-11)23-10-15(22)20-8-4-6-13(20)12-5-2-3-7-17-12/h2-3,5,7,9,13H,4,6,8,10H2,1H3,(H,18,19,21). The molecule has 1 atom stereocenters. The van der Waals surface area contributed by atoms with Crippen molar-refractivity contribution in [3.63, 3.8) is 0 Å². The maximum atomic E-state index is 12.5. The van der Waals surface area contributed by atoms with Gasteiger partial charge in [-0.05, 0) is 31.9 Å². The van der Waals surface area contributed by atoms with Crippen molar-refractivity contribution in [3.05, 3.63) is 52.2 Å². The highest BCUT2D eigenvalue weighted by atomic mass is 32.2. The van der Waals surface area contributed by atoms with Crippen LogP contribution in [0.25, 0.3) is 0 Å². The molecule has 0 aliphatic carbocycles. The molecule has 1 aliphatic rings. The SMILES string of the molecule is Cc1cc(=O)[nH]c(SCC(=O)N2CCCC2c2ccccn2)n1. The molecule has 23 heavy (non-hydrogen) atoms. The van der Waals surface area contributed by atoms with Gasteiger partial charge < -0.3 is 9.88 Å². The minimum absolute atomic E-state index is 0.0484. The van der Waals surface area contributed by atoms with Gasteiger partial charge in [0.2, 0.25) is 5.91 Å². The number of thioether (sulfide) groups is 1. The summed E-state index contributed by atoms with van der Waals surface area (Å²) in [5.41, 5.74) is 1.39. The van der Waals surface area contributed by atoms with Crippen LogP contribution in [0.15, 0.2) is 40.4 Å². The minimum atomic E-state index is -0.194. The van der Waals surface area contributed by atoms with Crippen LogP contribution >= 0.6 is 11.8 Å². The number of carbonyl (C=O) groups excluding carboxylic acids is 1. The van der Waals surface area contributed by atoms with Crippen molar-refractivity contribution in [2.75, 3.05) is 12.3 Å². The third-order valence-corrected chi connectivity index (χ3v) is 4.64. The summed E-state index contributed by atoms with van der Waals surface area (Å²) in [6.45, 7) is 2.51. The van der Waals surface area contributed by atoms with E-state index < -0.39 is 0 Å². The molecule has 0 aromatic carbocycles. The van der Waals surface area contributed by atoms with Gasteiger partial charge in [0.25, 0.3) is 5.56 Å². The Labute approximate surface area is 138 Å². The predicted octanol–water partition coefficient (Wildman–Crippen LogP) is 1.93. The van der Waals surface area contributed by atoms with Gasteiger partial charge in [0.05, 0.1) is 17.5 Å². The first kappa shape index (κ1) is 15.7. The monoisotopic (exact) mass is 330 g/mol. The lowest BCUT2D eigenvalue weighted by Crippen LogP contribution is -2.32. The molecule has 120 valence electrons. The molecule has 0 saturated carbocycles. The second-order valence-corrected chi connectivity index (χ2v) is 6.44. The Morgan fingerprint density at radius 1 is 1.48 bits per heavy atom. The minimum Gasteiger partial charge on any atom is -0.333 e. The average Bonchev–Trinajstić information content (AvgIpc) is 3.02. The average molecular weight is 330 g/mol. The molecule has 1 N–H and O–H groups in total. The molecule has 1 fully saturated rings. The number of hydrogen-bond acceptors (Lipinski definition) is 5. The molecule has 0 spiro atoms. The van der Waals surface area contributed by atoms with Crippen molar-refractivity contribution in [1.29, 1.82) is 0 Å². The van der Waals surface area contributed by atoms with Crippen LogP contribution in [0.5, 0.6) is 0 Å². The fourth-order valence-electron chi connectivity index (χ4n) is 2.78. The zero-order valence-corrected chi connectivity index (χ0v) is 13.7. The third kappa shape index (κ3) is 3.79. The van der Waals surface area contributed by atoms with E-state index in [1.54, 1.807) is 13.1 Å². The van der Waals surface area contributed by atoms with Gasteiger partial charge >= 0.3 is 0 Å². The van der Waals surface area contributed by atoms with Crippen molar-refractivity contribution < 1.29 is 4.79 Å². The highest BCUT2D eigenvalue weighted by Crippen LogP contribution is 2.31. The molecule has 2 aromatic heterocycles. The van der Waals surface area contributed by atoms with Crippen molar-refractivity contribution in [2.45, 2.75) is 31.0 Å². The van der Waals surface area contributed by atoms with Gasteiger partial charge in [-0.1, -0.05) is 17.8 Å².